The fourth-order valence-electron chi connectivity index (χ4n) is 2.54. The van der Waals surface area contributed by atoms with Crippen molar-refractivity contribution in [1.29, 1.82) is 0 Å². The second kappa shape index (κ2) is 11.0. The Bertz CT molecular complexity index is 849. The highest BCUT2D eigenvalue weighted by Crippen LogP contribution is 2.23. The number of nitrogens with one attached hydrogen (secondary N) is 1. The van der Waals surface area contributed by atoms with Crippen molar-refractivity contribution in [3.63, 3.8) is 0 Å². The van der Waals surface area contributed by atoms with E-state index in [4.69, 9.17) is 9.88 Å². The number of hydrazone groups is 1. The van der Waals surface area contributed by atoms with Crippen LogP contribution in [-0.4, -0.2) is 49.6 Å². The predicted octanol–water partition coefficient (Wildman–Crippen LogP) is 3.41. The number of allylic oxidation sites excluding steroid dienone is 4. The maximum absolute atomic E-state index is 12.0. The molecule has 0 radical (unpaired) electrons. The highest BCUT2D eigenvalue weighted by atomic mass is 17.3. The van der Waals surface area contributed by atoms with Gasteiger partial charge in [-0.1, -0.05) is 41.4 Å². The molecule has 1 aromatic carbocycles. The molecule has 0 aliphatic carbocycles. The van der Waals surface area contributed by atoms with Gasteiger partial charge in [0.15, 0.2) is 11.5 Å². The van der Waals surface area contributed by atoms with Gasteiger partial charge in [-0.05, 0) is 45.2 Å². The van der Waals surface area contributed by atoms with Crippen LogP contribution in [0.1, 0.15) is 29.8 Å². The standard InChI is InChI=1S/C22H28N4O3/c1-6-7-20(22-16-26(5)29-28-22)17(2)12-13-23-24-14-18-8-10-19(11-9-18)21(27)15-25(3)4/h6-14,16,23H,15H2,1-5H3/b7-6-,13-12+,20-17+,24-14?. The van der Waals surface area contributed by atoms with Crippen LogP contribution in [0.2, 0.25) is 0 Å². The van der Waals surface area contributed by atoms with Crippen molar-refractivity contribution in [3.05, 3.63) is 82.9 Å². The lowest BCUT2D eigenvalue weighted by Crippen LogP contribution is -2.21. The maximum Gasteiger partial charge on any atom is 0.193 e. The van der Waals surface area contributed by atoms with E-state index >= 15 is 0 Å². The molecule has 0 fully saturated rings. The molecule has 154 valence electrons. The number of likely N-dealkylation sites (N-methyl/N-ethyl adjacent to an activating group) is 1. The fraction of sp³-hybridized carbons (Fsp3) is 0.273. The van der Waals surface area contributed by atoms with Gasteiger partial charge >= 0.3 is 0 Å². The van der Waals surface area contributed by atoms with Crippen LogP contribution in [0.5, 0.6) is 0 Å². The molecule has 0 bridgehead atoms. The molecule has 1 aromatic rings. The first-order valence-electron chi connectivity index (χ1n) is 9.27. The Morgan fingerprint density at radius 3 is 2.55 bits per heavy atom. The normalized spacial score (nSPS) is 15.4. The third kappa shape index (κ3) is 7.06. The number of hydroxylamine groups is 2. The Kier molecular flexibility index (Phi) is 8.39. The number of carbonyl (C=O) groups excluding carboxylic acids is 1. The highest BCUT2D eigenvalue weighted by Gasteiger charge is 2.16. The van der Waals surface area contributed by atoms with Crippen LogP contribution in [0, 0.1) is 0 Å². The van der Waals surface area contributed by atoms with E-state index in [1.807, 2.05) is 75.3 Å². The summed E-state index contributed by atoms with van der Waals surface area (Å²) in [5, 5.41) is 5.67. The summed E-state index contributed by atoms with van der Waals surface area (Å²) in [7, 11) is 5.51. The lowest BCUT2D eigenvalue weighted by atomic mass is 10.1. The Balaban J connectivity index is 1.95. The van der Waals surface area contributed by atoms with Gasteiger partial charge in [-0.2, -0.15) is 5.10 Å². The number of rotatable bonds is 9. The quantitative estimate of drug-likeness (QED) is 0.227. The van der Waals surface area contributed by atoms with Crippen molar-refractivity contribution in [3.8, 4) is 0 Å². The average Bonchev–Trinajstić information content (AvgIpc) is 3.11. The molecule has 2 rings (SSSR count). The van der Waals surface area contributed by atoms with Gasteiger partial charge in [-0.15, -0.1) is 0 Å². The summed E-state index contributed by atoms with van der Waals surface area (Å²) < 4.78 is 0. The topological polar surface area (TPSA) is 66.4 Å². The molecule has 1 heterocycles. The minimum Gasteiger partial charge on any atom is -0.312 e. The van der Waals surface area contributed by atoms with Gasteiger partial charge in [0.2, 0.25) is 0 Å². The summed E-state index contributed by atoms with van der Waals surface area (Å²) in [6.07, 6.45) is 11.0. The van der Waals surface area contributed by atoms with Crippen LogP contribution in [0.4, 0.5) is 0 Å². The van der Waals surface area contributed by atoms with Crippen LogP contribution >= 0.6 is 0 Å². The van der Waals surface area contributed by atoms with Crippen LogP contribution in [0.3, 0.4) is 0 Å². The van der Waals surface area contributed by atoms with E-state index < -0.39 is 0 Å². The lowest BCUT2D eigenvalue weighted by molar-refractivity contribution is -0.353. The molecule has 0 spiro atoms. The van der Waals surface area contributed by atoms with E-state index in [9.17, 15) is 4.79 Å². The molecule has 0 aromatic heterocycles. The fourth-order valence-corrected chi connectivity index (χ4v) is 2.54. The molecule has 0 amide bonds. The zero-order valence-electron chi connectivity index (χ0n) is 17.5. The average molecular weight is 396 g/mol. The second-order valence-corrected chi connectivity index (χ2v) is 6.80. The first-order chi connectivity index (χ1) is 13.9. The molecule has 1 N–H and O–H groups in total. The van der Waals surface area contributed by atoms with E-state index in [0.29, 0.717) is 17.9 Å². The zero-order chi connectivity index (χ0) is 21.2. The van der Waals surface area contributed by atoms with Crippen molar-refractivity contribution in [2.75, 3.05) is 27.7 Å². The number of hydrogen-bond acceptors (Lipinski definition) is 7. The monoisotopic (exact) mass is 396 g/mol. The van der Waals surface area contributed by atoms with Crippen LogP contribution in [0.25, 0.3) is 0 Å². The summed E-state index contributed by atoms with van der Waals surface area (Å²) in [5.41, 5.74) is 6.37. The Hall–Kier alpha value is -3.16. The molecular formula is C22H28N4O3. The summed E-state index contributed by atoms with van der Waals surface area (Å²) >= 11 is 0. The number of benzene rings is 1. The summed E-state index contributed by atoms with van der Waals surface area (Å²) in [5.74, 6) is 0.733. The highest BCUT2D eigenvalue weighted by molar-refractivity contribution is 5.98. The van der Waals surface area contributed by atoms with Gasteiger partial charge in [0, 0.05) is 24.4 Å². The molecule has 7 heteroatoms. The van der Waals surface area contributed by atoms with Crippen molar-refractivity contribution in [2.24, 2.45) is 5.10 Å². The first kappa shape index (κ1) is 22.1. The number of Topliss-reactive ketones (excluding diaryl/α,β-unsaturated/α-hetero) is 1. The largest absolute Gasteiger partial charge is 0.312 e. The van der Waals surface area contributed by atoms with Crippen LogP contribution < -0.4 is 5.43 Å². The number of carbonyl (C=O) groups is 1. The molecule has 1 aliphatic heterocycles. The Morgan fingerprint density at radius 2 is 1.97 bits per heavy atom. The molecule has 29 heavy (non-hydrogen) atoms. The predicted molar refractivity (Wildman–Crippen MR) is 115 cm³/mol. The van der Waals surface area contributed by atoms with Gasteiger partial charge in [-0.25, -0.2) is 5.06 Å². The molecule has 7 nitrogen and oxygen atoms in total. The van der Waals surface area contributed by atoms with Crippen LogP contribution in [-0.2, 0) is 9.88 Å². The molecule has 0 unspecified atom stereocenters. The number of hydrogen-bond donors (Lipinski definition) is 1. The third-order valence-corrected chi connectivity index (χ3v) is 3.96. The van der Waals surface area contributed by atoms with Crippen molar-refractivity contribution in [1.82, 2.24) is 15.4 Å². The van der Waals surface area contributed by atoms with E-state index in [-0.39, 0.29) is 5.78 Å². The molecule has 0 saturated carbocycles. The van der Waals surface area contributed by atoms with E-state index in [1.165, 1.54) is 5.06 Å². The molecule has 1 aliphatic rings. The first-order valence-corrected chi connectivity index (χ1v) is 9.27. The smallest absolute Gasteiger partial charge is 0.193 e. The minimum atomic E-state index is 0.0942. The van der Waals surface area contributed by atoms with Gasteiger partial charge < -0.3 is 9.79 Å². The molecule has 0 atom stereocenters. The second-order valence-electron chi connectivity index (χ2n) is 6.80. The van der Waals surface area contributed by atoms with Gasteiger partial charge in [0.05, 0.1) is 19.0 Å². The van der Waals surface area contributed by atoms with Gasteiger partial charge in [-0.3, -0.25) is 10.2 Å². The Labute approximate surface area is 172 Å². The van der Waals surface area contributed by atoms with E-state index in [2.05, 4.69) is 10.5 Å². The lowest BCUT2D eigenvalue weighted by Gasteiger charge is -2.08. The minimum absolute atomic E-state index is 0.0942. The van der Waals surface area contributed by atoms with E-state index in [1.54, 1.807) is 25.7 Å². The van der Waals surface area contributed by atoms with Crippen LogP contribution in [0.15, 0.2) is 76.9 Å². The summed E-state index contributed by atoms with van der Waals surface area (Å²) in [6.45, 7) is 4.31. The SMILES string of the molecule is C\C=C/C(C1=CN(C)OO1)=C(C)\C=C\NN=Cc1ccc(C(=O)CN(C)C)cc1. The Morgan fingerprint density at radius 1 is 1.24 bits per heavy atom. The van der Waals surface area contributed by atoms with Gasteiger partial charge in [0.1, 0.15) is 0 Å². The third-order valence-electron chi connectivity index (χ3n) is 3.96. The number of nitrogens with zero attached hydrogens (tertiary/aromatic N) is 3. The number of ketones is 1. The van der Waals surface area contributed by atoms with Crippen molar-refractivity contribution < 1.29 is 14.7 Å². The molecule has 0 saturated heterocycles. The molecular weight excluding hydrogens is 368 g/mol. The van der Waals surface area contributed by atoms with Crippen molar-refractivity contribution >= 4 is 12.0 Å². The van der Waals surface area contributed by atoms with E-state index in [0.717, 1.165) is 16.7 Å². The summed E-state index contributed by atoms with van der Waals surface area (Å²) in [4.78, 5) is 24.0. The summed E-state index contributed by atoms with van der Waals surface area (Å²) in [6, 6.07) is 7.36. The van der Waals surface area contributed by atoms with Gasteiger partial charge in [0.25, 0.3) is 0 Å². The maximum atomic E-state index is 12.0. The van der Waals surface area contributed by atoms with Crippen molar-refractivity contribution in [2.45, 2.75) is 13.8 Å². The zero-order valence-corrected chi connectivity index (χ0v) is 17.5.